The van der Waals surface area contributed by atoms with E-state index in [0.29, 0.717) is 5.56 Å². The van der Waals surface area contributed by atoms with E-state index in [4.69, 9.17) is 4.74 Å². The van der Waals surface area contributed by atoms with Gasteiger partial charge in [-0.25, -0.2) is 4.79 Å². The van der Waals surface area contributed by atoms with Crippen LogP contribution in [-0.4, -0.2) is 71.6 Å². The largest absolute Gasteiger partial charge is 0.507 e. The lowest BCUT2D eigenvalue weighted by Crippen LogP contribution is -2.43. The van der Waals surface area contributed by atoms with E-state index in [9.17, 15) is 24.9 Å². The fraction of sp³-hybridized carbons (Fsp3) is 0.478. The second-order valence-electron chi connectivity index (χ2n) is 8.05. The summed E-state index contributed by atoms with van der Waals surface area (Å²) in [5.41, 5.74) is 1.26. The van der Waals surface area contributed by atoms with E-state index in [-0.39, 0.29) is 23.7 Å². The van der Waals surface area contributed by atoms with Crippen molar-refractivity contribution in [2.75, 3.05) is 31.1 Å². The maximum Gasteiger partial charge on any atom is 0.342 e. The van der Waals surface area contributed by atoms with E-state index in [1.807, 2.05) is 0 Å². The van der Waals surface area contributed by atoms with Crippen LogP contribution in [0.15, 0.2) is 30.4 Å². The Morgan fingerprint density at radius 1 is 1.10 bits per heavy atom. The molecule has 8 nitrogen and oxygen atoms in total. The molecular weight excluding hydrogens is 400 g/mol. The molecule has 0 spiro atoms. The van der Waals surface area contributed by atoms with E-state index in [2.05, 4.69) is 10.2 Å². The first kappa shape index (κ1) is 23.0. The third kappa shape index (κ3) is 5.52. The fourth-order valence-electron chi connectivity index (χ4n) is 3.58. The molecule has 31 heavy (non-hydrogen) atoms. The molecule has 3 rings (SSSR count). The number of esters is 1. The number of ketones is 1. The predicted molar refractivity (Wildman–Crippen MR) is 117 cm³/mol. The molecule has 3 unspecified atom stereocenters. The first-order chi connectivity index (χ1) is 14.8. The minimum Gasteiger partial charge on any atom is -0.507 e. The number of piperazine rings is 1. The number of hydrogen-bond acceptors (Lipinski definition) is 8. The molecule has 0 amide bonds. The Balaban J connectivity index is 2.01. The van der Waals surface area contributed by atoms with Gasteiger partial charge in [0.25, 0.3) is 0 Å². The van der Waals surface area contributed by atoms with Gasteiger partial charge in [0.05, 0.1) is 6.10 Å². The van der Waals surface area contributed by atoms with Gasteiger partial charge in [0, 0.05) is 43.9 Å². The molecule has 2 heterocycles. The van der Waals surface area contributed by atoms with Crippen LogP contribution in [0.4, 0.5) is 5.69 Å². The Labute approximate surface area is 181 Å². The number of aliphatic hydroxyl groups excluding tert-OH is 2. The molecule has 0 bridgehead atoms. The summed E-state index contributed by atoms with van der Waals surface area (Å²) >= 11 is 0. The molecule has 1 aromatic rings. The van der Waals surface area contributed by atoms with Gasteiger partial charge >= 0.3 is 5.97 Å². The number of hydrogen-bond donors (Lipinski definition) is 4. The second-order valence-corrected chi connectivity index (χ2v) is 8.05. The number of rotatable bonds is 1. The SMILES string of the molecule is CC1OC(=O)c2c(O)cc(N3CCNCC3)cc2/C=C/CC(O)C(O)C(=O)/C=C\[C@H]1C. The number of aliphatic hydroxyl groups is 2. The Kier molecular flexibility index (Phi) is 7.48. The predicted octanol–water partition coefficient (Wildman–Crippen LogP) is 1.25. The van der Waals surface area contributed by atoms with Gasteiger partial charge in [0.15, 0.2) is 5.78 Å². The van der Waals surface area contributed by atoms with Gasteiger partial charge in [-0.1, -0.05) is 25.2 Å². The number of fused-ring (bicyclic) bond motifs is 1. The molecule has 1 saturated heterocycles. The minimum absolute atomic E-state index is 0.000184. The average Bonchev–Trinajstić information content (AvgIpc) is 2.76. The number of nitrogens with one attached hydrogen (secondary N) is 1. The van der Waals surface area contributed by atoms with Crippen molar-refractivity contribution >= 4 is 23.5 Å². The van der Waals surface area contributed by atoms with Crippen molar-refractivity contribution in [2.24, 2.45) is 5.92 Å². The van der Waals surface area contributed by atoms with Gasteiger partial charge in [0.2, 0.25) is 0 Å². The molecule has 8 heteroatoms. The van der Waals surface area contributed by atoms with Crippen LogP contribution in [0, 0.1) is 5.92 Å². The van der Waals surface area contributed by atoms with Gasteiger partial charge in [-0.2, -0.15) is 0 Å². The number of phenols is 1. The number of carbonyl (C=O) groups is 2. The van der Waals surface area contributed by atoms with Crippen LogP contribution in [0.1, 0.15) is 36.2 Å². The van der Waals surface area contributed by atoms with Crippen LogP contribution in [0.3, 0.4) is 0 Å². The van der Waals surface area contributed by atoms with Gasteiger partial charge in [-0.3, -0.25) is 4.79 Å². The van der Waals surface area contributed by atoms with Crippen LogP contribution in [0.25, 0.3) is 6.08 Å². The van der Waals surface area contributed by atoms with Crippen molar-refractivity contribution in [1.82, 2.24) is 5.32 Å². The average molecular weight is 431 g/mol. The summed E-state index contributed by atoms with van der Waals surface area (Å²) < 4.78 is 5.55. The van der Waals surface area contributed by atoms with Crippen molar-refractivity contribution < 1.29 is 29.6 Å². The summed E-state index contributed by atoms with van der Waals surface area (Å²) in [6.07, 6.45) is 2.48. The Morgan fingerprint density at radius 3 is 2.52 bits per heavy atom. The Hall–Kier alpha value is -2.68. The molecule has 2 aliphatic heterocycles. The van der Waals surface area contributed by atoms with Crippen molar-refractivity contribution in [3.05, 3.63) is 41.5 Å². The number of aromatic hydroxyl groups is 1. The zero-order valence-electron chi connectivity index (χ0n) is 17.8. The van der Waals surface area contributed by atoms with E-state index < -0.39 is 30.1 Å². The van der Waals surface area contributed by atoms with E-state index in [1.54, 1.807) is 38.1 Å². The summed E-state index contributed by atoms with van der Waals surface area (Å²) in [4.78, 5) is 27.1. The normalized spacial score (nSPS) is 30.1. The summed E-state index contributed by atoms with van der Waals surface area (Å²) in [5.74, 6) is -1.77. The molecule has 2 aliphatic rings. The maximum absolute atomic E-state index is 12.9. The standard InChI is InChI=1S/C23H30N2O6/c1-14-6-7-19(27)22(29)18(26)5-3-4-16-12-17(25-10-8-24-9-11-25)13-20(28)21(16)23(30)31-15(14)2/h3-4,6-7,12-15,18,22,24,26,28-29H,5,8-11H2,1-2H3/b4-3+,7-6-/t14-,15?,18?,22?/m1/s1. The zero-order valence-corrected chi connectivity index (χ0v) is 17.8. The second kappa shape index (κ2) is 10.1. The molecule has 0 aliphatic carbocycles. The highest BCUT2D eigenvalue weighted by Gasteiger charge is 2.26. The smallest absolute Gasteiger partial charge is 0.342 e. The Morgan fingerprint density at radius 2 is 1.81 bits per heavy atom. The van der Waals surface area contributed by atoms with Gasteiger partial charge in [0.1, 0.15) is 23.5 Å². The fourth-order valence-corrected chi connectivity index (χ4v) is 3.58. The number of nitrogens with zero attached hydrogens (tertiary/aromatic N) is 1. The first-order valence-electron chi connectivity index (χ1n) is 10.6. The van der Waals surface area contributed by atoms with E-state index in [1.165, 1.54) is 12.2 Å². The number of ether oxygens (including phenoxy) is 1. The van der Waals surface area contributed by atoms with E-state index >= 15 is 0 Å². The topological polar surface area (TPSA) is 119 Å². The van der Waals surface area contributed by atoms with Crippen molar-refractivity contribution in [3.63, 3.8) is 0 Å². The first-order valence-corrected chi connectivity index (χ1v) is 10.6. The number of phenolic OH excluding ortho intramolecular Hbond substituents is 1. The molecule has 0 radical (unpaired) electrons. The molecule has 4 atom stereocenters. The zero-order chi connectivity index (χ0) is 22.5. The molecule has 0 saturated carbocycles. The van der Waals surface area contributed by atoms with E-state index in [0.717, 1.165) is 31.9 Å². The molecule has 4 N–H and O–H groups in total. The summed E-state index contributed by atoms with van der Waals surface area (Å²) in [6.45, 7) is 6.62. The third-order valence-corrected chi connectivity index (χ3v) is 5.75. The summed E-state index contributed by atoms with van der Waals surface area (Å²) in [5, 5.41) is 34.2. The lowest BCUT2D eigenvalue weighted by atomic mass is 9.99. The monoisotopic (exact) mass is 430 g/mol. The quantitative estimate of drug-likeness (QED) is 0.492. The molecule has 1 aromatic carbocycles. The van der Waals surface area contributed by atoms with Crippen LogP contribution in [0.5, 0.6) is 5.75 Å². The number of cyclic esters (lactones) is 1. The maximum atomic E-state index is 12.9. The highest BCUT2D eigenvalue weighted by atomic mass is 16.5. The van der Waals surface area contributed by atoms with Crippen LogP contribution >= 0.6 is 0 Å². The summed E-state index contributed by atoms with van der Waals surface area (Å²) in [6, 6.07) is 3.36. The third-order valence-electron chi connectivity index (χ3n) is 5.75. The van der Waals surface area contributed by atoms with Crippen molar-refractivity contribution in [3.8, 4) is 5.75 Å². The highest BCUT2D eigenvalue weighted by molar-refractivity contribution is 5.98. The lowest BCUT2D eigenvalue weighted by Gasteiger charge is -2.30. The minimum atomic E-state index is -1.55. The van der Waals surface area contributed by atoms with Crippen LogP contribution < -0.4 is 10.2 Å². The van der Waals surface area contributed by atoms with Crippen LogP contribution in [0.2, 0.25) is 0 Å². The summed E-state index contributed by atoms with van der Waals surface area (Å²) in [7, 11) is 0. The van der Waals surface area contributed by atoms with Crippen molar-refractivity contribution in [2.45, 2.75) is 38.6 Å². The Bertz CT molecular complexity index is 875. The molecule has 0 aromatic heterocycles. The molecule has 168 valence electrons. The highest BCUT2D eigenvalue weighted by Crippen LogP contribution is 2.31. The van der Waals surface area contributed by atoms with Crippen LogP contribution in [-0.2, 0) is 9.53 Å². The molecule has 1 fully saturated rings. The number of anilines is 1. The lowest BCUT2D eigenvalue weighted by molar-refractivity contribution is -0.127. The van der Waals surface area contributed by atoms with Gasteiger partial charge in [-0.05, 0) is 31.1 Å². The van der Waals surface area contributed by atoms with Gasteiger partial charge in [-0.15, -0.1) is 0 Å². The van der Waals surface area contributed by atoms with Crippen molar-refractivity contribution in [1.29, 1.82) is 0 Å². The van der Waals surface area contributed by atoms with Gasteiger partial charge < -0.3 is 30.3 Å². The molecular formula is C23H30N2O6. The number of benzene rings is 1. The number of carbonyl (C=O) groups excluding carboxylic acids is 2.